The predicted molar refractivity (Wildman–Crippen MR) is 82.9 cm³/mol. The summed E-state index contributed by atoms with van der Waals surface area (Å²) in [4.78, 5) is 2.06. The fraction of sp³-hybridized carbons (Fsp3) is 0.294. The Kier molecular flexibility index (Phi) is 4.30. The summed E-state index contributed by atoms with van der Waals surface area (Å²) in [7, 11) is 3.61. The molecular weight excluding hydrogens is 250 g/mol. The van der Waals surface area contributed by atoms with E-state index in [2.05, 4.69) is 36.1 Å². The van der Waals surface area contributed by atoms with Gasteiger partial charge in [0.2, 0.25) is 0 Å². The van der Waals surface area contributed by atoms with Crippen LogP contribution in [-0.4, -0.2) is 19.3 Å². The third-order valence-corrected chi connectivity index (χ3v) is 3.46. The molecule has 0 saturated carbocycles. The van der Waals surface area contributed by atoms with Gasteiger partial charge in [0.25, 0.3) is 0 Å². The number of ether oxygens (including phenoxy) is 1. The second-order valence-electron chi connectivity index (χ2n) is 4.96. The van der Waals surface area contributed by atoms with Gasteiger partial charge in [0.15, 0.2) is 0 Å². The minimum absolute atomic E-state index is 0.589. The summed E-state index contributed by atoms with van der Waals surface area (Å²) in [6, 6.07) is 14.1. The van der Waals surface area contributed by atoms with Gasteiger partial charge in [-0.1, -0.05) is 23.8 Å². The van der Waals surface area contributed by atoms with Crippen LogP contribution in [0.3, 0.4) is 0 Å². The summed E-state index contributed by atoms with van der Waals surface area (Å²) < 4.78 is 5.37. The van der Waals surface area contributed by atoms with E-state index in [1.807, 2.05) is 25.2 Å². The third kappa shape index (κ3) is 2.78. The molecule has 0 heterocycles. The molecule has 106 valence electrons. The maximum absolute atomic E-state index is 10.0. The topological polar surface area (TPSA) is 32.7 Å². The van der Waals surface area contributed by atoms with Crippen LogP contribution in [0.25, 0.3) is 0 Å². The third-order valence-electron chi connectivity index (χ3n) is 3.46. The summed E-state index contributed by atoms with van der Waals surface area (Å²) in [5.41, 5.74) is 4.05. The molecule has 0 aliphatic heterocycles. The molecule has 0 aliphatic carbocycles. The quantitative estimate of drug-likeness (QED) is 0.917. The summed E-state index contributed by atoms with van der Waals surface area (Å²) in [5.74, 6) is 0.705. The smallest absolute Gasteiger partial charge is 0.126 e. The van der Waals surface area contributed by atoms with E-state index in [-0.39, 0.29) is 0 Å². The van der Waals surface area contributed by atoms with Gasteiger partial charge in [0.05, 0.1) is 18.9 Å². The van der Waals surface area contributed by atoms with Crippen molar-refractivity contribution in [2.24, 2.45) is 0 Å². The molecule has 1 N–H and O–H groups in total. The van der Waals surface area contributed by atoms with E-state index in [0.29, 0.717) is 5.75 Å². The van der Waals surface area contributed by atoms with Gasteiger partial charge < -0.3 is 14.7 Å². The summed E-state index contributed by atoms with van der Waals surface area (Å²) in [5, 5.41) is 10.0. The van der Waals surface area contributed by atoms with Gasteiger partial charge in [-0.3, -0.25) is 0 Å². The summed E-state index contributed by atoms with van der Waals surface area (Å²) in [6.45, 7) is 3.82. The molecule has 1 unspecified atom stereocenters. The number of aliphatic hydroxyl groups excluding tert-OH is 1. The Morgan fingerprint density at radius 2 is 1.75 bits per heavy atom. The largest absolute Gasteiger partial charge is 0.496 e. The lowest BCUT2D eigenvalue weighted by Gasteiger charge is -2.25. The van der Waals surface area contributed by atoms with Crippen molar-refractivity contribution in [3.63, 3.8) is 0 Å². The highest BCUT2D eigenvalue weighted by molar-refractivity contribution is 5.69. The van der Waals surface area contributed by atoms with Gasteiger partial charge in [-0.15, -0.1) is 0 Å². The fourth-order valence-corrected chi connectivity index (χ4v) is 2.33. The number of benzene rings is 2. The number of nitrogens with zero attached hydrogens (tertiary/aromatic N) is 1. The van der Waals surface area contributed by atoms with Crippen molar-refractivity contribution < 1.29 is 9.84 Å². The molecule has 3 nitrogen and oxygen atoms in total. The van der Waals surface area contributed by atoms with E-state index in [1.54, 1.807) is 14.0 Å². The van der Waals surface area contributed by atoms with Crippen LogP contribution < -0.4 is 9.64 Å². The monoisotopic (exact) mass is 271 g/mol. The van der Waals surface area contributed by atoms with Crippen molar-refractivity contribution in [1.29, 1.82) is 0 Å². The molecule has 2 aromatic rings. The van der Waals surface area contributed by atoms with E-state index in [1.165, 1.54) is 5.56 Å². The van der Waals surface area contributed by atoms with Gasteiger partial charge in [0, 0.05) is 18.3 Å². The number of hydrogen-bond acceptors (Lipinski definition) is 3. The average Bonchev–Trinajstić information content (AvgIpc) is 2.46. The Morgan fingerprint density at radius 3 is 2.30 bits per heavy atom. The molecule has 2 rings (SSSR count). The first-order chi connectivity index (χ1) is 9.54. The molecule has 0 radical (unpaired) electrons. The highest BCUT2D eigenvalue weighted by Crippen LogP contribution is 2.36. The highest BCUT2D eigenvalue weighted by atomic mass is 16.5. The molecule has 0 spiro atoms. The minimum atomic E-state index is -0.589. The predicted octanol–water partition coefficient (Wildman–Crippen LogP) is 3.82. The highest BCUT2D eigenvalue weighted by Gasteiger charge is 2.17. The van der Waals surface area contributed by atoms with Crippen LogP contribution in [0.15, 0.2) is 42.5 Å². The van der Waals surface area contributed by atoms with Crippen LogP contribution in [-0.2, 0) is 0 Å². The second kappa shape index (κ2) is 5.97. The fourth-order valence-electron chi connectivity index (χ4n) is 2.33. The summed E-state index contributed by atoms with van der Waals surface area (Å²) in [6.07, 6.45) is -0.589. The number of aryl methyl sites for hydroxylation is 1. The molecule has 0 aliphatic rings. The Hall–Kier alpha value is -2.00. The molecule has 20 heavy (non-hydrogen) atoms. The van der Waals surface area contributed by atoms with Crippen LogP contribution in [0, 0.1) is 6.92 Å². The van der Waals surface area contributed by atoms with Gasteiger partial charge in [-0.25, -0.2) is 0 Å². The first kappa shape index (κ1) is 14.4. The lowest BCUT2D eigenvalue weighted by molar-refractivity contribution is 0.195. The number of aliphatic hydroxyl groups is 1. The van der Waals surface area contributed by atoms with Crippen molar-refractivity contribution in [3.05, 3.63) is 53.6 Å². The normalized spacial score (nSPS) is 12.1. The first-order valence-electron chi connectivity index (χ1n) is 6.70. The number of hydrogen-bond donors (Lipinski definition) is 1. The van der Waals surface area contributed by atoms with Crippen LogP contribution in [0.2, 0.25) is 0 Å². The first-order valence-corrected chi connectivity index (χ1v) is 6.70. The molecule has 2 aromatic carbocycles. The van der Waals surface area contributed by atoms with Crippen molar-refractivity contribution in [1.82, 2.24) is 0 Å². The second-order valence-corrected chi connectivity index (χ2v) is 4.96. The zero-order valence-electron chi connectivity index (χ0n) is 12.4. The van der Waals surface area contributed by atoms with E-state index in [9.17, 15) is 5.11 Å². The average molecular weight is 271 g/mol. The lowest BCUT2D eigenvalue weighted by Crippen LogP contribution is -2.13. The zero-order valence-corrected chi connectivity index (χ0v) is 12.4. The van der Waals surface area contributed by atoms with Gasteiger partial charge in [-0.05, 0) is 38.1 Å². The van der Waals surface area contributed by atoms with Crippen molar-refractivity contribution in [3.8, 4) is 5.75 Å². The molecule has 0 amide bonds. The van der Waals surface area contributed by atoms with Crippen molar-refractivity contribution in [2.75, 3.05) is 19.1 Å². The van der Waals surface area contributed by atoms with E-state index < -0.39 is 6.10 Å². The van der Waals surface area contributed by atoms with Gasteiger partial charge in [0.1, 0.15) is 5.75 Å². The summed E-state index contributed by atoms with van der Waals surface area (Å²) >= 11 is 0. The molecular formula is C17H21NO2. The van der Waals surface area contributed by atoms with Gasteiger partial charge >= 0.3 is 0 Å². The van der Waals surface area contributed by atoms with Crippen molar-refractivity contribution >= 4 is 11.4 Å². The number of rotatable bonds is 4. The Balaban J connectivity index is 2.48. The van der Waals surface area contributed by atoms with E-state index in [0.717, 1.165) is 16.9 Å². The van der Waals surface area contributed by atoms with Crippen molar-refractivity contribution in [2.45, 2.75) is 20.0 Å². The zero-order chi connectivity index (χ0) is 14.7. The van der Waals surface area contributed by atoms with Crippen LogP contribution in [0.4, 0.5) is 11.4 Å². The molecule has 0 fully saturated rings. The Morgan fingerprint density at radius 1 is 1.10 bits per heavy atom. The molecule has 3 heteroatoms. The van der Waals surface area contributed by atoms with Crippen LogP contribution in [0.1, 0.15) is 24.2 Å². The van der Waals surface area contributed by atoms with Crippen LogP contribution >= 0.6 is 0 Å². The lowest BCUT2D eigenvalue weighted by atomic mass is 10.1. The van der Waals surface area contributed by atoms with E-state index >= 15 is 0 Å². The van der Waals surface area contributed by atoms with Crippen LogP contribution in [0.5, 0.6) is 5.75 Å². The maximum atomic E-state index is 10.0. The number of methoxy groups -OCH3 is 1. The Labute approximate surface area is 120 Å². The maximum Gasteiger partial charge on any atom is 0.126 e. The SMILES string of the molecule is COc1cccc(N(C)c2ccc(C)cc2)c1C(C)O. The van der Waals surface area contributed by atoms with Gasteiger partial charge in [-0.2, -0.15) is 0 Å². The Bertz CT molecular complexity index is 576. The molecule has 0 aromatic heterocycles. The minimum Gasteiger partial charge on any atom is -0.496 e. The molecule has 0 saturated heterocycles. The standard InChI is InChI=1S/C17H21NO2/c1-12-8-10-14(11-9-12)18(3)15-6-5-7-16(20-4)17(15)13(2)19/h5-11,13,19H,1-4H3. The molecule has 1 atom stereocenters. The molecule has 0 bridgehead atoms. The number of anilines is 2. The van der Waals surface area contributed by atoms with E-state index in [4.69, 9.17) is 4.74 Å².